The second-order valence-corrected chi connectivity index (χ2v) is 11.6. The van der Waals surface area contributed by atoms with Crippen LogP contribution in [0.2, 0.25) is 0 Å². The van der Waals surface area contributed by atoms with Gasteiger partial charge >= 0.3 is 12.5 Å². The molecule has 2 aromatic carbocycles. The first-order chi connectivity index (χ1) is 18.6. The van der Waals surface area contributed by atoms with E-state index in [4.69, 9.17) is 4.74 Å². The van der Waals surface area contributed by atoms with Crippen LogP contribution in [0.4, 0.5) is 22.0 Å². The molecule has 7 heteroatoms. The molecule has 216 valence electrons. The van der Waals surface area contributed by atoms with Gasteiger partial charge in [0.1, 0.15) is 11.5 Å². The molecule has 2 aromatic rings. The summed E-state index contributed by atoms with van der Waals surface area (Å²) in [5, 5.41) is 0. The fourth-order valence-electron chi connectivity index (χ4n) is 6.42. The number of ether oxygens (including phenoxy) is 2. The van der Waals surface area contributed by atoms with E-state index in [9.17, 15) is 22.0 Å². The molecule has 0 unspecified atom stereocenters. The number of rotatable bonds is 11. The summed E-state index contributed by atoms with van der Waals surface area (Å²) in [6, 6.07) is 10.2. The Morgan fingerprint density at radius 1 is 0.615 bits per heavy atom. The Labute approximate surface area is 229 Å². The highest BCUT2D eigenvalue weighted by Gasteiger charge is 2.35. The Bertz CT molecular complexity index is 987. The molecule has 0 aromatic heterocycles. The summed E-state index contributed by atoms with van der Waals surface area (Å²) < 4.78 is 74.9. The van der Waals surface area contributed by atoms with Crippen molar-refractivity contribution in [3.8, 4) is 11.5 Å². The minimum atomic E-state index is -4.85. The van der Waals surface area contributed by atoms with Gasteiger partial charge in [-0.1, -0.05) is 76.8 Å². The lowest BCUT2D eigenvalue weighted by Crippen LogP contribution is -2.22. The maximum Gasteiger partial charge on any atom is 0.573 e. The number of hydrogen-bond donors (Lipinski definition) is 0. The third-order valence-corrected chi connectivity index (χ3v) is 8.78. The Kier molecular flexibility index (Phi) is 10.2. The Morgan fingerprint density at radius 2 is 1.08 bits per heavy atom. The van der Waals surface area contributed by atoms with E-state index in [1.807, 2.05) is 0 Å². The number of alkyl halides is 5. The normalized spacial score (nSPS) is 24.4. The molecule has 39 heavy (non-hydrogen) atoms. The van der Waals surface area contributed by atoms with Gasteiger partial charge in [-0.15, -0.1) is 13.2 Å². The first-order valence-electron chi connectivity index (χ1n) is 14.6. The van der Waals surface area contributed by atoms with Crippen molar-refractivity contribution in [3.63, 3.8) is 0 Å². The largest absolute Gasteiger partial charge is 0.573 e. The molecule has 4 rings (SSSR count). The molecule has 0 bridgehead atoms. The molecule has 0 amide bonds. The molecule has 0 spiro atoms. The Hall–Kier alpha value is -2.31. The van der Waals surface area contributed by atoms with E-state index in [1.54, 1.807) is 12.1 Å². The van der Waals surface area contributed by atoms with Gasteiger partial charge in [0.2, 0.25) is 0 Å². The lowest BCUT2D eigenvalue weighted by atomic mass is 9.74. The highest BCUT2D eigenvalue weighted by Crippen LogP contribution is 2.41. The smallest absolute Gasteiger partial charge is 0.429 e. The number of halogens is 5. The Morgan fingerprint density at radius 3 is 1.56 bits per heavy atom. The van der Waals surface area contributed by atoms with E-state index in [0.29, 0.717) is 5.92 Å². The zero-order chi connectivity index (χ0) is 27.9. The van der Waals surface area contributed by atoms with Crippen LogP contribution in [0, 0.1) is 17.8 Å². The molecule has 2 fully saturated rings. The molecule has 0 radical (unpaired) electrons. The van der Waals surface area contributed by atoms with Crippen molar-refractivity contribution in [2.75, 3.05) is 0 Å². The van der Waals surface area contributed by atoms with Crippen molar-refractivity contribution in [1.29, 1.82) is 0 Å². The summed E-state index contributed by atoms with van der Waals surface area (Å²) in [7, 11) is 0. The predicted molar refractivity (Wildman–Crippen MR) is 143 cm³/mol. The van der Waals surface area contributed by atoms with Gasteiger partial charge in [-0.25, -0.2) is 0 Å². The lowest BCUT2D eigenvalue weighted by Gasteiger charge is -2.32. The number of benzene rings is 2. The number of hydrogen-bond acceptors (Lipinski definition) is 2. The zero-order valence-electron chi connectivity index (χ0n) is 22.8. The monoisotopic (exact) mass is 552 g/mol. The maximum atomic E-state index is 14.7. The second kappa shape index (κ2) is 13.4. The summed E-state index contributed by atoms with van der Waals surface area (Å²) in [6.45, 7) is 2.28. The fraction of sp³-hybridized carbons (Fsp3) is 0.625. The van der Waals surface area contributed by atoms with E-state index >= 15 is 0 Å². The summed E-state index contributed by atoms with van der Waals surface area (Å²) in [5.41, 5.74) is 0.784. The molecule has 0 heterocycles. The highest BCUT2D eigenvalue weighted by molar-refractivity contribution is 5.33. The van der Waals surface area contributed by atoms with Gasteiger partial charge in [0.15, 0.2) is 0 Å². The Balaban J connectivity index is 1.20. The van der Waals surface area contributed by atoms with Gasteiger partial charge in [-0.3, -0.25) is 0 Å². The molecular weight excluding hydrogens is 511 g/mol. The molecule has 2 aliphatic rings. The van der Waals surface area contributed by atoms with Crippen LogP contribution in [0.1, 0.15) is 107 Å². The van der Waals surface area contributed by atoms with E-state index < -0.39 is 18.2 Å². The first-order valence-corrected chi connectivity index (χ1v) is 14.6. The SMILES string of the molecule is CCCC[C@H]1CC[C@H](CCC2CCC(c3ccc(C(F)(F)Oc4ccc(OC(F)(F)F)cc4)cc3)CC2)CC1. The van der Waals surface area contributed by atoms with E-state index in [0.717, 1.165) is 60.4 Å². The minimum Gasteiger partial charge on any atom is -0.429 e. The average molecular weight is 553 g/mol. The van der Waals surface area contributed by atoms with Gasteiger partial charge in [0.05, 0.1) is 5.56 Å². The summed E-state index contributed by atoms with van der Waals surface area (Å²) in [6.07, 6.45) is 8.54. The molecule has 2 nitrogen and oxygen atoms in total. The maximum absolute atomic E-state index is 14.7. The topological polar surface area (TPSA) is 18.5 Å². The summed E-state index contributed by atoms with van der Waals surface area (Å²) in [4.78, 5) is 0. The van der Waals surface area contributed by atoms with Crippen molar-refractivity contribution in [2.24, 2.45) is 17.8 Å². The van der Waals surface area contributed by atoms with E-state index in [2.05, 4.69) is 11.7 Å². The molecule has 2 saturated carbocycles. The number of unbranched alkanes of at least 4 members (excludes halogenated alkanes) is 1. The first kappa shape index (κ1) is 29.7. The zero-order valence-corrected chi connectivity index (χ0v) is 22.8. The summed E-state index contributed by atoms with van der Waals surface area (Å²) >= 11 is 0. The van der Waals surface area contributed by atoms with Crippen LogP contribution in [-0.2, 0) is 6.11 Å². The van der Waals surface area contributed by atoms with Crippen molar-refractivity contribution in [2.45, 2.75) is 109 Å². The third kappa shape index (κ3) is 9.11. The van der Waals surface area contributed by atoms with Crippen LogP contribution < -0.4 is 9.47 Å². The van der Waals surface area contributed by atoms with Gasteiger partial charge in [0, 0.05) is 0 Å². The van der Waals surface area contributed by atoms with Crippen LogP contribution in [-0.4, -0.2) is 6.36 Å². The van der Waals surface area contributed by atoms with E-state index in [-0.39, 0.29) is 11.3 Å². The van der Waals surface area contributed by atoms with Gasteiger partial charge < -0.3 is 9.47 Å². The standard InChI is InChI=1S/C32H41F5O2/c1-2-3-4-23-5-7-24(8-6-23)9-10-25-11-13-26(14-12-25)27-15-17-28(18-16-27)31(33,34)38-29-19-21-30(22-20-29)39-32(35,36)37/h15-26H,2-14H2,1H3/t23-,24-,25?,26?. The molecule has 0 saturated heterocycles. The van der Waals surface area contributed by atoms with Crippen molar-refractivity contribution in [3.05, 3.63) is 59.7 Å². The van der Waals surface area contributed by atoms with Gasteiger partial charge in [-0.05, 0) is 91.3 Å². The van der Waals surface area contributed by atoms with Gasteiger partial charge in [0.25, 0.3) is 0 Å². The predicted octanol–water partition coefficient (Wildman–Crippen LogP) is 10.8. The second-order valence-electron chi connectivity index (χ2n) is 11.6. The van der Waals surface area contributed by atoms with Crippen molar-refractivity contribution < 1.29 is 31.4 Å². The molecule has 0 atom stereocenters. The van der Waals surface area contributed by atoms with E-state index in [1.165, 1.54) is 82.8 Å². The van der Waals surface area contributed by atoms with Crippen LogP contribution in [0.25, 0.3) is 0 Å². The lowest BCUT2D eigenvalue weighted by molar-refractivity contribution is -0.274. The molecule has 2 aliphatic carbocycles. The van der Waals surface area contributed by atoms with Crippen LogP contribution in [0.5, 0.6) is 11.5 Å². The fourth-order valence-corrected chi connectivity index (χ4v) is 6.42. The van der Waals surface area contributed by atoms with Crippen molar-refractivity contribution >= 4 is 0 Å². The molecule has 0 aliphatic heterocycles. The van der Waals surface area contributed by atoms with Crippen LogP contribution in [0.15, 0.2) is 48.5 Å². The molecular formula is C32H41F5O2. The molecule has 0 N–H and O–H groups in total. The quantitative estimate of drug-likeness (QED) is 0.258. The van der Waals surface area contributed by atoms with Crippen LogP contribution in [0.3, 0.4) is 0 Å². The highest BCUT2D eigenvalue weighted by atomic mass is 19.4. The summed E-state index contributed by atoms with van der Waals surface area (Å²) in [5.74, 6) is 2.29. The average Bonchev–Trinajstić information content (AvgIpc) is 2.92. The minimum absolute atomic E-state index is 0.249. The van der Waals surface area contributed by atoms with Crippen LogP contribution >= 0.6 is 0 Å². The third-order valence-electron chi connectivity index (χ3n) is 8.78. The van der Waals surface area contributed by atoms with Gasteiger partial charge in [-0.2, -0.15) is 8.78 Å². The van der Waals surface area contributed by atoms with Crippen molar-refractivity contribution in [1.82, 2.24) is 0 Å².